The Morgan fingerprint density at radius 1 is 1.10 bits per heavy atom. The van der Waals surface area contributed by atoms with Crippen LogP contribution in [-0.4, -0.2) is 32.6 Å². The molecule has 1 atom stereocenters. The second-order valence-corrected chi connectivity index (χ2v) is 8.53. The Morgan fingerprint density at radius 3 is 2.79 bits per heavy atom. The summed E-state index contributed by atoms with van der Waals surface area (Å²) in [6.45, 7) is 1.49. The van der Waals surface area contributed by atoms with Gasteiger partial charge in [0.1, 0.15) is 11.6 Å². The van der Waals surface area contributed by atoms with E-state index in [2.05, 4.69) is 19.9 Å². The van der Waals surface area contributed by atoms with Crippen molar-refractivity contribution in [1.82, 2.24) is 19.9 Å². The third kappa shape index (κ3) is 3.96. The number of aromatic nitrogens is 4. The largest absolute Gasteiger partial charge is 0.376 e. The zero-order valence-corrected chi connectivity index (χ0v) is 17.0. The minimum Gasteiger partial charge on any atom is -0.376 e. The first-order chi connectivity index (χ1) is 14.3. The van der Waals surface area contributed by atoms with Gasteiger partial charge in [-0.25, -0.2) is 4.39 Å². The molecule has 1 saturated heterocycles. The molecule has 0 radical (unpaired) electrons. The summed E-state index contributed by atoms with van der Waals surface area (Å²) in [5.41, 5.74) is 3.13. The van der Waals surface area contributed by atoms with Crippen LogP contribution in [0.2, 0.25) is 0 Å². The number of hydrogen-bond acceptors (Lipinski definition) is 6. The van der Waals surface area contributed by atoms with Gasteiger partial charge in [-0.05, 0) is 56.4 Å². The van der Waals surface area contributed by atoms with Gasteiger partial charge in [0.15, 0.2) is 11.0 Å². The van der Waals surface area contributed by atoms with E-state index < -0.39 is 0 Å². The highest BCUT2D eigenvalue weighted by atomic mass is 32.2. The second-order valence-electron chi connectivity index (χ2n) is 7.59. The van der Waals surface area contributed by atoms with Crippen molar-refractivity contribution in [2.24, 2.45) is 0 Å². The fraction of sp³-hybridized carbons (Fsp3) is 0.476. The van der Waals surface area contributed by atoms with Gasteiger partial charge >= 0.3 is 0 Å². The van der Waals surface area contributed by atoms with Crippen molar-refractivity contribution in [2.45, 2.75) is 62.1 Å². The quantitative estimate of drug-likeness (QED) is 0.556. The zero-order chi connectivity index (χ0) is 19.6. The third-order valence-electron chi connectivity index (χ3n) is 5.60. The smallest absolute Gasteiger partial charge is 0.191 e. The van der Waals surface area contributed by atoms with E-state index in [9.17, 15) is 4.39 Å². The van der Waals surface area contributed by atoms with E-state index in [4.69, 9.17) is 9.26 Å². The molecule has 0 saturated carbocycles. The van der Waals surface area contributed by atoms with Crippen LogP contribution >= 0.6 is 11.8 Å². The lowest BCUT2D eigenvalue weighted by Gasteiger charge is -2.15. The summed E-state index contributed by atoms with van der Waals surface area (Å²) in [6.07, 6.45) is 6.65. The van der Waals surface area contributed by atoms with Crippen LogP contribution in [0.5, 0.6) is 0 Å². The van der Waals surface area contributed by atoms with Crippen LogP contribution in [0.25, 0.3) is 11.4 Å². The molecule has 2 aliphatic rings. The van der Waals surface area contributed by atoms with E-state index >= 15 is 0 Å². The van der Waals surface area contributed by atoms with Crippen LogP contribution in [0.15, 0.2) is 33.9 Å². The summed E-state index contributed by atoms with van der Waals surface area (Å²) < 4.78 is 26.8. The Morgan fingerprint density at radius 2 is 1.97 bits per heavy atom. The third-order valence-corrected chi connectivity index (χ3v) is 6.58. The van der Waals surface area contributed by atoms with Crippen molar-refractivity contribution in [3.8, 4) is 11.4 Å². The fourth-order valence-electron chi connectivity index (χ4n) is 4.06. The molecule has 6 nitrogen and oxygen atoms in total. The Bertz CT molecular complexity index is 979. The van der Waals surface area contributed by atoms with Gasteiger partial charge in [-0.15, -0.1) is 10.2 Å². The molecule has 3 aromatic rings. The number of ether oxygens (including phenoxy) is 1. The maximum Gasteiger partial charge on any atom is 0.191 e. The monoisotopic (exact) mass is 414 g/mol. The standard InChI is InChI=1S/C21H23FN4O2S/c22-15-9-7-14(8-10-15)20-23-24-21(26(20)12-16-4-3-11-27-16)29-13-18-17-5-1-2-6-19(17)28-25-18/h7-10,16H,1-6,11-13H2. The average molecular weight is 415 g/mol. The maximum absolute atomic E-state index is 13.4. The lowest BCUT2D eigenvalue weighted by Crippen LogP contribution is -2.16. The first kappa shape index (κ1) is 18.8. The summed E-state index contributed by atoms with van der Waals surface area (Å²) in [4.78, 5) is 0. The van der Waals surface area contributed by atoms with E-state index in [-0.39, 0.29) is 11.9 Å². The van der Waals surface area contributed by atoms with Crippen LogP contribution < -0.4 is 0 Å². The Balaban J connectivity index is 1.41. The van der Waals surface area contributed by atoms with Gasteiger partial charge in [0.05, 0.1) is 18.3 Å². The Labute approximate surface area is 172 Å². The molecule has 0 N–H and O–H groups in total. The molecule has 0 bridgehead atoms. The van der Waals surface area contributed by atoms with Gasteiger partial charge in [0, 0.05) is 29.9 Å². The van der Waals surface area contributed by atoms with E-state index in [1.165, 1.54) is 30.5 Å². The molecule has 1 fully saturated rings. The Kier molecular flexibility index (Phi) is 5.37. The van der Waals surface area contributed by atoms with Crippen LogP contribution in [0.1, 0.15) is 42.7 Å². The first-order valence-corrected chi connectivity index (χ1v) is 11.2. The number of rotatable bonds is 6. The minimum absolute atomic E-state index is 0.157. The lowest BCUT2D eigenvalue weighted by atomic mass is 9.97. The van der Waals surface area contributed by atoms with E-state index in [0.717, 1.165) is 60.3 Å². The SMILES string of the molecule is Fc1ccc(-c2nnc(SCc3noc4c3CCCC4)n2CC2CCCO2)cc1. The number of benzene rings is 1. The summed E-state index contributed by atoms with van der Waals surface area (Å²) in [5.74, 6) is 2.22. The van der Waals surface area contributed by atoms with Crippen molar-refractivity contribution in [3.63, 3.8) is 0 Å². The molecule has 1 aliphatic heterocycles. The molecular weight excluding hydrogens is 391 g/mol. The van der Waals surface area contributed by atoms with E-state index in [0.29, 0.717) is 12.3 Å². The summed E-state index contributed by atoms with van der Waals surface area (Å²) >= 11 is 1.62. The number of nitrogens with zero attached hydrogens (tertiary/aromatic N) is 4. The highest BCUT2D eigenvalue weighted by Crippen LogP contribution is 2.31. The highest BCUT2D eigenvalue weighted by Gasteiger charge is 2.24. The Hall–Kier alpha value is -2.19. The molecule has 152 valence electrons. The number of halogens is 1. The molecule has 1 aromatic carbocycles. The van der Waals surface area contributed by atoms with Gasteiger partial charge in [-0.3, -0.25) is 4.57 Å². The molecule has 5 rings (SSSR count). The summed E-state index contributed by atoms with van der Waals surface area (Å²) in [7, 11) is 0. The molecule has 8 heteroatoms. The van der Waals surface area contributed by atoms with Crippen molar-refractivity contribution < 1.29 is 13.7 Å². The predicted molar refractivity (Wildman–Crippen MR) is 107 cm³/mol. The average Bonchev–Trinajstić information content (AvgIpc) is 3.48. The minimum atomic E-state index is -0.260. The molecular formula is C21H23FN4O2S. The zero-order valence-electron chi connectivity index (χ0n) is 16.1. The van der Waals surface area contributed by atoms with E-state index in [1.807, 2.05) is 0 Å². The van der Waals surface area contributed by atoms with E-state index in [1.54, 1.807) is 23.9 Å². The molecule has 2 aromatic heterocycles. The molecule has 0 amide bonds. The van der Waals surface area contributed by atoms with Crippen LogP contribution in [0, 0.1) is 5.82 Å². The predicted octanol–water partition coefficient (Wildman–Crippen LogP) is 4.42. The van der Waals surface area contributed by atoms with Gasteiger partial charge < -0.3 is 9.26 Å². The number of aryl methyl sites for hydroxylation is 1. The number of hydrogen-bond donors (Lipinski definition) is 0. The molecule has 29 heavy (non-hydrogen) atoms. The van der Waals surface area contributed by atoms with Gasteiger partial charge in [0.2, 0.25) is 0 Å². The summed E-state index contributed by atoms with van der Waals surface area (Å²) in [6, 6.07) is 6.39. The fourth-order valence-corrected chi connectivity index (χ4v) is 4.97. The van der Waals surface area contributed by atoms with Crippen LogP contribution in [0.4, 0.5) is 4.39 Å². The topological polar surface area (TPSA) is 66.0 Å². The van der Waals surface area contributed by atoms with Gasteiger partial charge in [-0.1, -0.05) is 16.9 Å². The lowest BCUT2D eigenvalue weighted by molar-refractivity contribution is 0.0953. The van der Waals surface area contributed by atoms with Crippen molar-refractivity contribution in [3.05, 3.63) is 47.1 Å². The number of thioether (sulfide) groups is 1. The van der Waals surface area contributed by atoms with Crippen LogP contribution in [-0.2, 0) is 29.9 Å². The van der Waals surface area contributed by atoms with Crippen LogP contribution in [0.3, 0.4) is 0 Å². The second kappa shape index (κ2) is 8.28. The maximum atomic E-state index is 13.4. The van der Waals surface area contributed by atoms with Gasteiger partial charge in [-0.2, -0.15) is 0 Å². The number of fused-ring (bicyclic) bond motifs is 1. The normalized spacial score (nSPS) is 18.9. The first-order valence-electron chi connectivity index (χ1n) is 10.2. The van der Waals surface area contributed by atoms with Crippen molar-refractivity contribution >= 4 is 11.8 Å². The molecule has 3 heterocycles. The van der Waals surface area contributed by atoms with Crippen molar-refractivity contribution in [1.29, 1.82) is 0 Å². The van der Waals surface area contributed by atoms with Crippen molar-refractivity contribution in [2.75, 3.05) is 6.61 Å². The highest BCUT2D eigenvalue weighted by molar-refractivity contribution is 7.98. The molecule has 1 aliphatic carbocycles. The summed E-state index contributed by atoms with van der Waals surface area (Å²) in [5, 5.41) is 14.0. The van der Waals surface area contributed by atoms with Gasteiger partial charge in [0.25, 0.3) is 0 Å². The molecule has 1 unspecified atom stereocenters. The molecule has 0 spiro atoms.